The quantitative estimate of drug-likeness (QED) is 0.734. The predicted octanol–water partition coefficient (Wildman–Crippen LogP) is 0.740. The number of primary sulfonamides is 1. The Hall–Kier alpha value is -1.60. The Morgan fingerprint density at radius 1 is 1.33 bits per heavy atom. The van der Waals surface area contributed by atoms with Crippen molar-refractivity contribution >= 4 is 21.6 Å². The van der Waals surface area contributed by atoms with Crippen molar-refractivity contribution in [3.63, 3.8) is 0 Å². The van der Waals surface area contributed by atoms with Gasteiger partial charge in [0.2, 0.25) is 10.0 Å². The number of ether oxygens (including phenoxy) is 1. The molecule has 1 atom stereocenters. The van der Waals surface area contributed by atoms with E-state index >= 15 is 0 Å². The molecule has 0 fully saturated rings. The van der Waals surface area contributed by atoms with Gasteiger partial charge in [-0.15, -0.1) is 0 Å². The number of nitrogens with two attached hydrogens (primary N) is 2. The summed E-state index contributed by atoms with van der Waals surface area (Å²) in [7, 11) is -3.58. The van der Waals surface area contributed by atoms with E-state index in [0.29, 0.717) is 11.7 Å². The maximum absolute atomic E-state index is 10.7. The van der Waals surface area contributed by atoms with Crippen LogP contribution < -0.4 is 10.9 Å². The second kappa shape index (κ2) is 5.83. The Morgan fingerprint density at radius 2 is 1.89 bits per heavy atom. The van der Waals surface area contributed by atoms with E-state index in [9.17, 15) is 8.42 Å². The predicted molar refractivity (Wildman–Crippen MR) is 70.8 cm³/mol. The summed E-state index contributed by atoms with van der Waals surface area (Å²) in [5.74, 6) is 0.826. The molecule has 0 radical (unpaired) electrons. The zero-order valence-electron chi connectivity index (χ0n) is 10.3. The minimum atomic E-state index is -3.58. The molecular weight excluding hydrogens is 254 g/mol. The smallest absolute Gasteiger partial charge is 0.238 e. The number of anilines is 1. The molecule has 0 amide bonds. The molecule has 1 heterocycles. The fraction of sp³-hybridized carbons (Fsp3) is 0.364. The first-order chi connectivity index (χ1) is 8.29. The van der Waals surface area contributed by atoms with Gasteiger partial charge in [-0.25, -0.2) is 18.5 Å². The highest BCUT2D eigenvalue weighted by Crippen LogP contribution is 2.08. The van der Waals surface area contributed by atoms with Crippen LogP contribution in [0.5, 0.6) is 0 Å². The second-order valence-corrected chi connectivity index (χ2v) is 5.48. The van der Waals surface area contributed by atoms with Gasteiger partial charge in [0.25, 0.3) is 0 Å². The van der Waals surface area contributed by atoms with E-state index in [-0.39, 0.29) is 4.90 Å². The topological polar surface area (TPSA) is 108 Å². The van der Waals surface area contributed by atoms with Gasteiger partial charge in [0.05, 0.1) is 10.9 Å². The van der Waals surface area contributed by atoms with Crippen LogP contribution in [0.2, 0.25) is 0 Å². The van der Waals surface area contributed by atoms with Crippen molar-refractivity contribution in [3.8, 4) is 0 Å². The molecule has 0 aliphatic carbocycles. The first kappa shape index (κ1) is 14.5. The van der Waals surface area contributed by atoms with Gasteiger partial charge in [0.1, 0.15) is 6.61 Å². The minimum Gasteiger partial charge on any atom is -0.479 e. The SMILES string of the molecule is CC1=NC(C)CO1.Nc1ccc(S(N)(=O)=O)cc1. The summed E-state index contributed by atoms with van der Waals surface area (Å²) in [6.07, 6.45) is 0. The monoisotopic (exact) mass is 271 g/mol. The van der Waals surface area contributed by atoms with Crippen LogP contribution in [0.3, 0.4) is 0 Å². The molecule has 0 saturated heterocycles. The number of rotatable bonds is 1. The van der Waals surface area contributed by atoms with Crippen molar-refractivity contribution in [2.75, 3.05) is 12.3 Å². The highest BCUT2D eigenvalue weighted by molar-refractivity contribution is 7.89. The lowest BCUT2D eigenvalue weighted by atomic mass is 10.3. The average molecular weight is 271 g/mol. The van der Waals surface area contributed by atoms with E-state index in [0.717, 1.165) is 12.5 Å². The van der Waals surface area contributed by atoms with Gasteiger partial charge >= 0.3 is 0 Å². The zero-order valence-corrected chi connectivity index (χ0v) is 11.1. The van der Waals surface area contributed by atoms with Crippen molar-refractivity contribution in [2.24, 2.45) is 10.1 Å². The van der Waals surface area contributed by atoms with Gasteiger partial charge in [0.15, 0.2) is 5.90 Å². The van der Waals surface area contributed by atoms with Crippen molar-refractivity contribution in [2.45, 2.75) is 24.8 Å². The highest BCUT2D eigenvalue weighted by atomic mass is 32.2. The molecule has 1 aromatic rings. The van der Waals surface area contributed by atoms with Crippen LogP contribution in [0, 0.1) is 0 Å². The lowest BCUT2D eigenvalue weighted by molar-refractivity contribution is 0.321. The Balaban J connectivity index is 0.000000199. The highest BCUT2D eigenvalue weighted by Gasteiger charge is 2.08. The van der Waals surface area contributed by atoms with Crippen molar-refractivity contribution in [1.29, 1.82) is 0 Å². The molecule has 7 heteroatoms. The van der Waals surface area contributed by atoms with E-state index in [4.69, 9.17) is 15.6 Å². The molecule has 18 heavy (non-hydrogen) atoms. The third-order valence-electron chi connectivity index (χ3n) is 2.14. The van der Waals surface area contributed by atoms with Crippen LogP contribution in [0.15, 0.2) is 34.2 Å². The fourth-order valence-corrected chi connectivity index (χ4v) is 1.80. The van der Waals surface area contributed by atoms with Gasteiger partial charge in [-0.05, 0) is 31.2 Å². The first-order valence-corrected chi connectivity index (χ1v) is 6.89. The van der Waals surface area contributed by atoms with Crippen LogP contribution in [0.4, 0.5) is 5.69 Å². The van der Waals surface area contributed by atoms with Gasteiger partial charge in [-0.1, -0.05) is 0 Å². The van der Waals surface area contributed by atoms with Crippen LogP contribution in [0.25, 0.3) is 0 Å². The molecule has 2 rings (SSSR count). The maximum Gasteiger partial charge on any atom is 0.238 e. The molecule has 6 nitrogen and oxygen atoms in total. The van der Waals surface area contributed by atoms with E-state index in [1.807, 2.05) is 13.8 Å². The molecule has 100 valence electrons. The zero-order chi connectivity index (χ0) is 13.8. The van der Waals surface area contributed by atoms with Gasteiger partial charge < -0.3 is 10.5 Å². The Kier molecular flexibility index (Phi) is 4.69. The van der Waals surface area contributed by atoms with Gasteiger partial charge in [-0.2, -0.15) is 0 Å². The molecule has 1 unspecified atom stereocenters. The normalized spacial score (nSPS) is 18.4. The van der Waals surface area contributed by atoms with Crippen LogP contribution in [-0.2, 0) is 14.8 Å². The second-order valence-electron chi connectivity index (χ2n) is 3.92. The van der Waals surface area contributed by atoms with Crippen LogP contribution in [0.1, 0.15) is 13.8 Å². The molecule has 0 spiro atoms. The molecule has 1 aromatic carbocycles. The van der Waals surface area contributed by atoms with Gasteiger partial charge in [0, 0.05) is 12.6 Å². The lowest BCUT2D eigenvalue weighted by Gasteiger charge is -1.96. The first-order valence-electron chi connectivity index (χ1n) is 5.34. The van der Waals surface area contributed by atoms with Crippen LogP contribution >= 0.6 is 0 Å². The third-order valence-corrected chi connectivity index (χ3v) is 3.07. The molecule has 4 N–H and O–H groups in total. The Bertz CT molecular complexity index is 523. The third kappa shape index (κ3) is 4.72. The Morgan fingerprint density at radius 3 is 2.17 bits per heavy atom. The molecule has 0 aromatic heterocycles. The minimum absolute atomic E-state index is 0.0756. The summed E-state index contributed by atoms with van der Waals surface area (Å²) in [5, 5.41) is 4.84. The van der Waals surface area contributed by atoms with E-state index in [1.165, 1.54) is 24.3 Å². The molecule has 0 bridgehead atoms. The molecule has 0 saturated carbocycles. The number of hydrogen-bond donors (Lipinski definition) is 2. The summed E-state index contributed by atoms with van der Waals surface area (Å²) in [6.45, 7) is 4.69. The number of sulfonamides is 1. The van der Waals surface area contributed by atoms with Crippen molar-refractivity contribution in [1.82, 2.24) is 0 Å². The Labute approximate surface area is 107 Å². The number of hydrogen-bond acceptors (Lipinski definition) is 5. The number of nitrogen functional groups attached to an aromatic ring is 1. The summed E-state index contributed by atoms with van der Waals surface area (Å²) in [6, 6.07) is 6.09. The summed E-state index contributed by atoms with van der Waals surface area (Å²) in [5.41, 5.74) is 5.85. The molecular formula is C11H17N3O3S. The largest absolute Gasteiger partial charge is 0.479 e. The number of benzene rings is 1. The number of nitrogens with zero attached hydrogens (tertiary/aromatic N) is 1. The summed E-state index contributed by atoms with van der Waals surface area (Å²) < 4.78 is 26.4. The average Bonchev–Trinajstić information content (AvgIpc) is 2.62. The van der Waals surface area contributed by atoms with Crippen LogP contribution in [-0.4, -0.2) is 27.0 Å². The number of aliphatic imine (C=N–C) groups is 1. The van der Waals surface area contributed by atoms with Crippen molar-refractivity contribution in [3.05, 3.63) is 24.3 Å². The molecule has 1 aliphatic heterocycles. The summed E-state index contributed by atoms with van der Waals surface area (Å²) >= 11 is 0. The maximum atomic E-state index is 10.7. The van der Waals surface area contributed by atoms with E-state index in [1.54, 1.807) is 0 Å². The van der Waals surface area contributed by atoms with Crippen molar-refractivity contribution < 1.29 is 13.2 Å². The molecule has 1 aliphatic rings. The van der Waals surface area contributed by atoms with E-state index < -0.39 is 10.0 Å². The lowest BCUT2D eigenvalue weighted by Crippen LogP contribution is -2.11. The summed E-state index contributed by atoms with van der Waals surface area (Å²) in [4.78, 5) is 4.16. The fourth-order valence-electron chi connectivity index (χ4n) is 1.28. The standard InChI is InChI=1S/C6H8N2O2S.C5H9NO/c7-5-1-3-6(4-2-5)11(8,9)10;1-4-3-7-5(2)6-4/h1-4H,7H2,(H2,8,9,10);4H,3H2,1-2H3. The van der Waals surface area contributed by atoms with E-state index in [2.05, 4.69) is 4.99 Å². The van der Waals surface area contributed by atoms with Gasteiger partial charge in [-0.3, -0.25) is 0 Å².